The SMILES string of the molecule is Cc1cccc(/C=C(\NC(=O)c2ccccc2)C(=O)Nc2ccc(SC(C)C(=O)Nc3cccc4ccccc34)cc2)c1. The van der Waals surface area contributed by atoms with Crippen LogP contribution in [0.5, 0.6) is 0 Å². The number of nitrogens with one attached hydrogen (secondary N) is 3. The first-order valence-corrected chi connectivity index (χ1v) is 14.8. The van der Waals surface area contributed by atoms with Gasteiger partial charge in [-0.1, -0.05) is 84.4 Å². The highest BCUT2D eigenvalue weighted by Gasteiger charge is 2.17. The number of benzene rings is 5. The largest absolute Gasteiger partial charge is 0.325 e. The van der Waals surface area contributed by atoms with E-state index in [-0.39, 0.29) is 22.8 Å². The molecule has 1 unspecified atom stereocenters. The Kier molecular flexibility index (Phi) is 9.34. The molecule has 5 aromatic carbocycles. The van der Waals surface area contributed by atoms with Gasteiger partial charge in [-0.2, -0.15) is 0 Å². The van der Waals surface area contributed by atoms with E-state index < -0.39 is 5.91 Å². The molecule has 0 bridgehead atoms. The van der Waals surface area contributed by atoms with Gasteiger partial charge in [0.2, 0.25) is 5.91 Å². The number of thioether (sulfide) groups is 1. The topological polar surface area (TPSA) is 87.3 Å². The first-order valence-electron chi connectivity index (χ1n) is 13.9. The smallest absolute Gasteiger partial charge is 0.272 e. The van der Waals surface area contributed by atoms with Crippen molar-refractivity contribution in [2.45, 2.75) is 24.0 Å². The Labute approximate surface area is 255 Å². The summed E-state index contributed by atoms with van der Waals surface area (Å²) in [4.78, 5) is 40.1. The second kappa shape index (κ2) is 13.7. The minimum absolute atomic E-state index is 0.0983. The third kappa shape index (κ3) is 7.78. The first kappa shape index (κ1) is 29.4. The quantitative estimate of drug-likeness (QED) is 0.122. The standard InChI is InChI=1S/C36H31N3O3S/c1-24-10-8-11-26(22-24)23-33(39-35(41)28-13-4-3-5-14-28)36(42)37-29-18-20-30(21-19-29)43-25(2)34(40)38-32-17-9-15-27-12-6-7-16-31(27)32/h3-23,25H,1-2H3,(H,37,42)(H,38,40)(H,39,41)/b33-23-. The number of carbonyl (C=O) groups is 3. The number of aryl methyl sites for hydroxylation is 1. The number of rotatable bonds is 9. The fourth-order valence-electron chi connectivity index (χ4n) is 4.51. The first-order chi connectivity index (χ1) is 20.9. The molecule has 5 rings (SSSR count). The van der Waals surface area contributed by atoms with Crippen molar-refractivity contribution in [1.82, 2.24) is 5.32 Å². The molecule has 0 spiro atoms. The zero-order valence-corrected chi connectivity index (χ0v) is 24.7. The highest BCUT2D eigenvalue weighted by atomic mass is 32.2. The summed E-state index contributed by atoms with van der Waals surface area (Å²) in [5.41, 5.74) is 3.74. The Morgan fingerprint density at radius 1 is 0.744 bits per heavy atom. The number of amides is 3. The maximum Gasteiger partial charge on any atom is 0.272 e. The second-order valence-corrected chi connectivity index (χ2v) is 11.5. The van der Waals surface area contributed by atoms with E-state index in [0.717, 1.165) is 32.5 Å². The van der Waals surface area contributed by atoms with Crippen molar-refractivity contribution >= 4 is 57.7 Å². The Morgan fingerprint density at radius 3 is 2.21 bits per heavy atom. The molecule has 0 saturated carbocycles. The summed E-state index contributed by atoms with van der Waals surface area (Å²) in [6.45, 7) is 3.83. The van der Waals surface area contributed by atoms with Crippen LogP contribution in [-0.4, -0.2) is 23.0 Å². The van der Waals surface area contributed by atoms with Crippen molar-refractivity contribution in [2.24, 2.45) is 0 Å². The van der Waals surface area contributed by atoms with Gasteiger partial charge in [-0.3, -0.25) is 14.4 Å². The van der Waals surface area contributed by atoms with Gasteiger partial charge >= 0.3 is 0 Å². The molecule has 0 radical (unpaired) electrons. The van der Waals surface area contributed by atoms with Crippen LogP contribution in [0.1, 0.15) is 28.4 Å². The summed E-state index contributed by atoms with van der Waals surface area (Å²) in [6, 6.07) is 37.5. The van der Waals surface area contributed by atoms with Crippen LogP contribution in [0.4, 0.5) is 11.4 Å². The lowest BCUT2D eigenvalue weighted by molar-refractivity contribution is -0.115. The third-order valence-electron chi connectivity index (χ3n) is 6.72. The molecular formula is C36H31N3O3S. The summed E-state index contributed by atoms with van der Waals surface area (Å²) in [5, 5.41) is 10.4. The molecule has 7 heteroatoms. The maximum absolute atomic E-state index is 13.3. The molecule has 6 nitrogen and oxygen atoms in total. The second-order valence-electron chi connectivity index (χ2n) is 10.0. The van der Waals surface area contributed by atoms with Crippen molar-refractivity contribution in [1.29, 1.82) is 0 Å². The molecule has 1 atom stereocenters. The minimum atomic E-state index is -0.450. The van der Waals surface area contributed by atoms with Crippen LogP contribution in [0.25, 0.3) is 16.8 Å². The average molecular weight is 586 g/mol. The van der Waals surface area contributed by atoms with E-state index in [4.69, 9.17) is 0 Å². The minimum Gasteiger partial charge on any atom is -0.325 e. The predicted octanol–water partition coefficient (Wildman–Crippen LogP) is 7.68. The van der Waals surface area contributed by atoms with E-state index in [9.17, 15) is 14.4 Å². The van der Waals surface area contributed by atoms with E-state index in [2.05, 4.69) is 16.0 Å². The van der Waals surface area contributed by atoms with Crippen molar-refractivity contribution in [3.63, 3.8) is 0 Å². The molecule has 0 aliphatic rings. The van der Waals surface area contributed by atoms with Crippen LogP contribution >= 0.6 is 11.8 Å². The Balaban J connectivity index is 1.25. The van der Waals surface area contributed by atoms with E-state index >= 15 is 0 Å². The zero-order chi connectivity index (χ0) is 30.2. The molecule has 214 valence electrons. The van der Waals surface area contributed by atoms with Crippen molar-refractivity contribution in [2.75, 3.05) is 10.6 Å². The lowest BCUT2D eigenvalue weighted by Gasteiger charge is -2.14. The molecule has 43 heavy (non-hydrogen) atoms. The highest BCUT2D eigenvalue weighted by Crippen LogP contribution is 2.28. The zero-order valence-electron chi connectivity index (χ0n) is 23.8. The van der Waals surface area contributed by atoms with Crippen LogP contribution in [0.2, 0.25) is 0 Å². The number of hydrogen-bond acceptors (Lipinski definition) is 4. The summed E-state index contributed by atoms with van der Waals surface area (Å²) >= 11 is 1.43. The van der Waals surface area contributed by atoms with Crippen molar-refractivity contribution in [3.05, 3.63) is 144 Å². The normalized spacial score (nSPS) is 11.9. The molecule has 3 N–H and O–H groups in total. The van der Waals surface area contributed by atoms with Gasteiger partial charge in [0.15, 0.2) is 0 Å². The fourth-order valence-corrected chi connectivity index (χ4v) is 5.38. The molecule has 5 aromatic rings. The molecule has 0 heterocycles. The Bertz CT molecular complexity index is 1800. The van der Waals surface area contributed by atoms with Gasteiger partial charge in [0.25, 0.3) is 11.8 Å². The molecule has 0 aliphatic heterocycles. The van der Waals surface area contributed by atoms with Gasteiger partial charge in [0.1, 0.15) is 5.70 Å². The molecule has 0 fully saturated rings. The van der Waals surface area contributed by atoms with Gasteiger partial charge in [-0.15, -0.1) is 11.8 Å². The van der Waals surface area contributed by atoms with Gasteiger partial charge < -0.3 is 16.0 Å². The summed E-state index contributed by atoms with van der Waals surface area (Å²) in [7, 11) is 0. The molecule has 0 aliphatic carbocycles. The Hall–Kier alpha value is -5.14. The van der Waals surface area contributed by atoms with Crippen LogP contribution in [-0.2, 0) is 9.59 Å². The van der Waals surface area contributed by atoms with Gasteiger partial charge in [-0.05, 0) is 73.3 Å². The van der Waals surface area contributed by atoms with Gasteiger partial charge in [0.05, 0.1) is 5.25 Å². The molecule has 0 saturated heterocycles. The Morgan fingerprint density at radius 2 is 1.44 bits per heavy atom. The summed E-state index contributed by atoms with van der Waals surface area (Å²) in [5.74, 6) is -0.926. The van der Waals surface area contributed by atoms with E-state index in [1.54, 1.807) is 42.5 Å². The van der Waals surface area contributed by atoms with Gasteiger partial charge in [0, 0.05) is 27.2 Å². The van der Waals surface area contributed by atoms with E-state index in [0.29, 0.717) is 11.3 Å². The molecule has 3 amide bonds. The van der Waals surface area contributed by atoms with Crippen molar-refractivity contribution in [3.8, 4) is 0 Å². The number of anilines is 2. The van der Waals surface area contributed by atoms with E-state index in [1.807, 2.05) is 98.8 Å². The average Bonchev–Trinajstić information content (AvgIpc) is 3.02. The van der Waals surface area contributed by atoms with Crippen LogP contribution < -0.4 is 16.0 Å². The maximum atomic E-state index is 13.3. The number of hydrogen-bond donors (Lipinski definition) is 3. The highest BCUT2D eigenvalue weighted by molar-refractivity contribution is 8.00. The fraction of sp³-hybridized carbons (Fsp3) is 0.0833. The lowest BCUT2D eigenvalue weighted by Crippen LogP contribution is -2.30. The van der Waals surface area contributed by atoms with Crippen molar-refractivity contribution < 1.29 is 14.4 Å². The van der Waals surface area contributed by atoms with Crippen LogP contribution in [0.15, 0.2) is 132 Å². The third-order valence-corrected chi connectivity index (χ3v) is 7.84. The van der Waals surface area contributed by atoms with E-state index in [1.165, 1.54) is 11.8 Å². The lowest BCUT2D eigenvalue weighted by atomic mass is 10.1. The summed E-state index contributed by atoms with van der Waals surface area (Å²) < 4.78 is 0. The number of carbonyl (C=O) groups excluding carboxylic acids is 3. The van der Waals surface area contributed by atoms with Crippen LogP contribution in [0, 0.1) is 6.92 Å². The monoisotopic (exact) mass is 585 g/mol. The van der Waals surface area contributed by atoms with Crippen LogP contribution in [0.3, 0.4) is 0 Å². The predicted molar refractivity (Wildman–Crippen MR) is 176 cm³/mol. The summed E-state index contributed by atoms with van der Waals surface area (Å²) in [6.07, 6.45) is 1.66. The molecule has 0 aromatic heterocycles. The van der Waals surface area contributed by atoms with Gasteiger partial charge in [-0.25, -0.2) is 0 Å². The number of fused-ring (bicyclic) bond motifs is 1. The molecular weight excluding hydrogens is 554 g/mol.